The van der Waals surface area contributed by atoms with Crippen LogP contribution < -0.4 is 5.73 Å². The minimum Gasteiger partial charge on any atom is -0.326 e. The van der Waals surface area contributed by atoms with E-state index < -0.39 is 0 Å². The molecule has 0 aromatic carbocycles. The van der Waals surface area contributed by atoms with Gasteiger partial charge in [0.1, 0.15) is 0 Å². The van der Waals surface area contributed by atoms with Crippen molar-refractivity contribution in [2.45, 2.75) is 32.5 Å². The van der Waals surface area contributed by atoms with Gasteiger partial charge in [-0.3, -0.25) is 4.90 Å². The van der Waals surface area contributed by atoms with Crippen LogP contribution in [0.5, 0.6) is 0 Å². The number of rotatable bonds is 6. The maximum Gasteiger partial charge on any atom is 0.0327 e. The van der Waals surface area contributed by atoms with Crippen molar-refractivity contribution in [2.24, 2.45) is 5.73 Å². The molecule has 0 bridgehead atoms. The lowest BCUT2D eigenvalue weighted by Gasteiger charge is -2.23. The Morgan fingerprint density at radius 2 is 2.00 bits per heavy atom. The molecule has 98 valence electrons. The van der Waals surface area contributed by atoms with Crippen molar-refractivity contribution >= 4 is 22.7 Å². The fourth-order valence-corrected chi connectivity index (χ4v) is 3.68. The van der Waals surface area contributed by atoms with E-state index in [0.717, 1.165) is 13.0 Å². The minimum absolute atomic E-state index is 0.562. The molecule has 0 saturated heterocycles. The van der Waals surface area contributed by atoms with Gasteiger partial charge in [-0.25, -0.2) is 0 Å². The van der Waals surface area contributed by atoms with Crippen LogP contribution >= 0.6 is 22.7 Å². The molecule has 0 amide bonds. The summed E-state index contributed by atoms with van der Waals surface area (Å²) in [5.41, 5.74) is 5.64. The molecule has 0 saturated carbocycles. The lowest BCUT2D eigenvalue weighted by molar-refractivity contribution is 0.251. The number of nitrogens with two attached hydrogens (primary N) is 1. The van der Waals surface area contributed by atoms with E-state index >= 15 is 0 Å². The van der Waals surface area contributed by atoms with Crippen LogP contribution in [-0.4, -0.2) is 18.0 Å². The molecular formula is C14H20N2S2. The number of thiophene rings is 2. The molecule has 1 atom stereocenters. The zero-order valence-electron chi connectivity index (χ0n) is 10.9. The van der Waals surface area contributed by atoms with Crippen molar-refractivity contribution in [3.05, 3.63) is 44.3 Å². The van der Waals surface area contributed by atoms with Crippen LogP contribution in [0.3, 0.4) is 0 Å². The van der Waals surface area contributed by atoms with Crippen LogP contribution in [0.1, 0.15) is 21.6 Å². The highest BCUT2D eigenvalue weighted by atomic mass is 32.1. The van der Waals surface area contributed by atoms with Crippen LogP contribution in [0.2, 0.25) is 0 Å². The van der Waals surface area contributed by atoms with Crippen LogP contribution in [0, 0.1) is 0 Å². The smallest absolute Gasteiger partial charge is 0.0327 e. The van der Waals surface area contributed by atoms with E-state index in [1.165, 1.54) is 14.6 Å². The summed E-state index contributed by atoms with van der Waals surface area (Å²) in [6, 6.07) is 9.23. The lowest BCUT2D eigenvalue weighted by atomic mass is 10.2. The van der Waals surface area contributed by atoms with E-state index in [9.17, 15) is 0 Å². The van der Waals surface area contributed by atoms with Gasteiger partial charge in [-0.15, -0.1) is 22.7 Å². The van der Waals surface area contributed by atoms with Crippen LogP contribution in [-0.2, 0) is 19.5 Å². The maximum absolute atomic E-state index is 5.64. The first-order chi connectivity index (χ1) is 8.69. The van der Waals surface area contributed by atoms with Crippen molar-refractivity contribution in [3.63, 3.8) is 0 Å². The minimum atomic E-state index is 0.562. The first kappa shape index (κ1) is 13.7. The van der Waals surface area contributed by atoms with Gasteiger partial charge in [-0.1, -0.05) is 6.07 Å². The predicted molar refractivity (Wildman–Crippen MR) is 81.2 cm³/mol. The highest BCUT2D eigenvalue weighted by Crippen LogP contribution is 2.20. The van der Waals surface area contributed by atoms with Gasteiger partial charge in [0.25, 0.3) is 0 Å². The number of nitrogens with zero attached hydrogens (tertiary/aromatic N) is 1. The van der Waals surface area contributed by atoms with Gasteiger partial charge < -0.3 is 5.73 Å². The van der Waals surface area contributed by atoms with Crippen LogP contribution in [0.15, 0.2) is 29.6 Å². The highest BCUT2D eigenvalue weighted by Gasteiger charge is 2.12. The zero-order chi connectivity index (χ0) is 13.0. The number of hydrogen-bond acceptors (Lipinski definition) is 4. The first-order valence-corrected chi connectivity index (χ1v) is 7.89. The standard InChI is InChI=1S/C14H20N2S2/c1-11(8-12-4-3-7-17-12)16(2)10-14-6-5-13(9-15)18-14/h3-7,11H,8-10,15H2,1-2H3. The molecular weight excluding hydrogens is 260 g/mol. The Kier molecular flexibility index (Phi) is 4.95. The molecule has 2 rings (SSSR count). The van der Waals surface area contributed by atoms with Gasteiger partial charge in [0.15, 0.2) is 0 Å². The molecule has 18 heavy (non-hydrogen) atoms. The Morgan fingerprint density at radius 1 is 1.22 bits per heavy atom. The molecule has 2 N–H and O–H groups in total. The summed E-state index contributed by atoms with van der Waals surface area (Å²) in [7, 11) is 2.19. The molecule has 1 unspecified atom stereocenters. The van der Waals surface area contributed by atoms with Crippen LogP contribution in [0.4, 0.5) is 0 Å². The van der Waals surface area contributed by atoms with Gasteiger partial charge in [-0.05, 0) is 44.0 Å². The van der Waals surface area contributed by atoms with Gasteiger partial charge in [-0.2, -0.15) is 0 Å². The molecule has 2 aromatic heterocycles. The lowest BCUT2D eigenvalue weighted by Crippen LogP contribution is -2.29. The molecule has 2 aromatic rings. The summed E-state index contributed by atoms with van der Waals surface area (Å²) in [6.07, 6.45) is 1.13. The van der Waals surface area contributed by atoms with E-state index in [2.05, 4.69) is 48.5 Å². The van der Waals surface area contributed by atoms with Crippen LogP contribution in [0.25, 0.3) is 0 Å². The molecule has 0 fully saturated rings. The first-order valence-electron chi connectivity index (χ1n) is 6.19. The Bertz CT molecular complexity index is 462. The summed E-state index contributed by atoms with van der Waals surface area (Å²) in [5, 5.41) is 2.15. The number of likely N-dealkylation sites (N-methyl/N-ethyl adjacent to an activating group) is 1. The monoisotopic (exact) mass is 280 g/mol. The fraction of sp³-hybridized carbons (Fsp3) is 0.429. The summed E-state index contributed by atoms with van der Waals surface area (Å²) in [5.74, 6) is 0. The molecule has 0 radical (unpaired) electrons. The van der Waals surface area contributed by atoms with E-state index in [1.54, 1.807) is 0 Å². The van der Waals surface area contributed by atoms with E-state index in [-0.39, 0.29) is 0 Å². The van der Waals surface area contributed by atoms with Crippen molar-refractivity contribution in [3.8, 4) is 0 Å². The molecule has 2 nitrogen and oxygen atoms in total. The number of hydrogen-bond donors (Lipinski definition) is 1. The molecule has 0 spiro atoms. The van der Waals surface area contributed by atoms with Crippen molar-refractivity contribution in [2.75, 3.05) is 7.05 Å². The van der Waals surface area contributed by atoms with Crippen molar-refractivity contribution in [1.82, 2.24) is 4.90 Å². The van der Waals surface area contributed by atoms with Gasteiger partial charge >= 0.3 is 0 Å². The average molecular weight is 280 g/mol. The second-order valence-corrected chi connectivity index (χ2v) is 6.90. The summed E-state index contributed by atoms with van der Waals surface area (Å²) in [4.78, 5) is 6.54. The van der Waals surface area contributed by atoms with E-state index in [1.807, 2.05) is 22.7 Å². The second-order valence-electron chi connectivity index (χ2n) is 4.62. The largest absolute Gasteiger partial charge is 0.326 e. The molecule has 4 heteroatoms. The third-order valence-corrected chi connectivity index (χ3v) is 5.14. The van der Waals surface area contributed by atoms with Gasteiger partial charge in [0.05, 0.1) is 0 Å². The van der Waals surface area contributed by atoms with E-state index in [0.29, 0.717) is 12.6 Å². The third-order valence-electron chi connectivity index (χ3n) is 3.15. The van der Waals surface area contributed by atoms with Crippen molar-refractivity contribution in [1.29, 1.82) is 0 Å². The summed E-state index contributed by atoms with van der Waals surface area (Å²) >= 11 is 3.66. The SMILES string of the molecule is CC(Cc1cccs1)N(C)Cc1ccc(CN)s1. The third kappa shape index (κ3) is 3.65. The Morgan fingerprint density at radius 3 is 2.61 bits per heavy atom. The second kappa shape index (κ2) is 6.48. The fourth-order valence-electron chi connectivity index (χ4n) is 1.89. The average Bonchev–Trinajstić information content (AvgIpc) is 3.00. The zero-order valence-corrected chi connectivity index (χ0v) is 12.6. The van der Waals surface area contributed by atoms with Crippen molar-refractivity contribution < 1.29 is 0 Å². The summed E-state index contributed by atoms with van der Waals surface area (Å²) < 4.78 is 0. The molecule has 0 aliphatic carbocycles. The predicted octanol–water partition coefficient (Wildman–Crippen LogP) is 3.33. The topological polar surface area (TPSA) is 29.3 Å². The quantitative estimate of drug-likeness (QED) is 0.879. The van der Waals surface area contributed by atoms with Gasteiger partial charge in [0, 0.05) is 33.8 Å². The molecule has 2 heterocycles. The Labute approximate surface area is 117 Å². The molecule has 0 aliphatic rings. The summed E-state index contributed by atoms with van der Waals surface area (Å²) in [6.45, 7) is 3.95. The maximum atomic E-state index is 5.64. The Balaban J connectivity index is 1.88. The Hall–Kier alpha value is -0.680. The van der Waals surface area contributed by atoms with Gasteiger partial charge in [0.2, 0.25) is 0 Å². The normalized spacial score (nSPS) is 13.1. The molecule has 0 aliphatic heterocycles. The highest BCUT2D eigenvalue weighted by molar-refractivity contribution is 7.12. The van der Waals surface area contributed by atoms with E-state index in [4.69, 9.17) is 5.73 Å².